The van der Waals surface area contributed by atoms with Crippen LogP contribution in [0.25, 0.3) is 0 Å². The molecule has 6 nitrogen and oxygen atoms in total. The molecule has 0 amide bonds. The predicted octanol–water partition coefficient (Wildman–Crippen LogP) is 3.94. The van der Waals surface area contributed by atoms with Gasteiger partial charge in [0.15, 0.2) is 4.90 Å². The van der Waals surface area contributed by atoms with Crippen LogP contribution in [0.1, 0.15) is 16.7 Å². The lowest BCUT2D eigenvalue weighted by Crippen LogP contribution is -2.13. The summed E-state index contributed by atoms with van der Waals surface area (Å²) in [4.78, 5) is 9.70. The fourth-order valence-corrected chi connectivity index (χ4v) is 3.52. The number of rotatable bonds is 4. The van der Waals surface area contributed by atoms with E-state index in [2.05, 4.69) is 0 Å². The Labute approximate surface area is 138 Å². The zero-order chi connectivity index (χ0) is 17.4. The fourth-order valence-electron chi connectivity index (χ4n) is 2.05. The third-order valence-electron chi connectivity index (χ3n) is 3.45. The van der Waals surface area contributed by atoms with Crippen molar-refractivity contribution in [2.24, 2.45) is 0 Å². The summed E-state index contributed by atoms with van der Waals surface area (Å²) in [5.41, 5.74) is 1.53. The molecule has 0 N–H and O–H groups in total. The topological polar surface area (TPSA) is 86.5 Å². The van der Waals surface area contributed by atoms with Gasteiger partial charge < -0.3 is 4.18 Å². The Hall–Kier alpha value is -2.12. The van der Waals surface area contributed by atoms with Gasteiger partial charge in [0.2, 0.25) is 0 Å². The summed E-state index contributed by atoms with van der Waals surface area (Å²) in [6.07, 6.45) is 0. The summed E-state index contributed by atoms with van der Waals surface area (Å²) in [5, 5.41) is 11.1. The minimum Gasteiger partial charge on any atom is -0.378 e. The largest absolute Gasteiger partial charge is 0.378 e. The monoisotopic (exact) mass is 355 g/mol. The van der Waals surface area contributed by atoms with Gasteiger partial charge in [0, 0.05) is 11.1 Å². The number of nitrogens with zero attached hydrogens (tertiary/aromatic N) is 1. The minimum atomic E-state index is -4.40. The van der Waals surface area contributed by atoms with E-state index in [1.165, 1.54) is 6.07 Å². The van der Waals surface area contributed by atoms with Gasteiger partial charge in [-0.1, -0.05) is 23.7 Å². The van der Waals surface area contributed by atoms with E-state index < -0.39 is 25.6 Å². The second-order valence-corrected chi connectivity index (χ2v) is 7.01. The van der Waals surface area contributed by atoms with E-state index in [4.69, 9.17) is 15.8 Å². The molecule has 0 atom stereocenters. The molecular weight excluding hydrogens is 342 g/mol. The normalized spacial score (nSPS) is 11.3. The molecule has 2 aromatic rings. The molecule has 0 radical (unpaired) electrons. The molecule has 0 bridgehead atoms. The Morgan fingerprint density at radius 3 is 2.30 bits per heavy atom. The summed E-state index contributed by atoms with van der Waals surface area (Å²) >= 11 is 5.78. The highest BCUT2D eigenvalue weighted by molar-refractivity contribution is 7.87. The Balaban J connectivity index is 2.60. The molecule has 0 aliphatic heterocycles. The maximum Gasteiger partial charge on any atom is 0.346 e. The maximum atomic E-state index is 12.5. The molecule has 2 aromatic carbocycles. The smallest absolute Gasteiger partial charge is 0.346 e. The van der Waals surface area contributed by atoms with Crippen molar-refractivity contribution in [3.63, 3.8) is 0 Å². The molecule has 0 aromatic heterocycles. The maximum absolute atomic E-state index is 12.5. The van der Waals surface area contributed by atoms with Crippen LogP contribution < -0.4 is 4.18 Å². The lowest BCUT2D eigenvalue weighted by atomic mass is 10.1. The van der Waals surface area contributed by atoms with Crippen molar-refractivity contribution >= 4 is 27.4 Å². The third kappa shape index (κ3) is 3.46. The first-order chi connectivity index (χ1) is 10.6. The molecule has 0 saturated carbocycles. The highest BCUT2D eigenvalue weighted by Crippen LogP contribution is 2.33. The van der Waals surface area contributed by atoms with Crippen molar-refractivity contribution < 1.29 is 17.5 Å². The van der Waals surface area contributed by atoms with E-state index in [0.29, 0.717) is 11.1 Å². The van der Waals surface area contributed by atoms with Crippen LogP contribution in [0, 0.1) is 30.9 Å². The van der Waals surface area contributed by atoms with Crippen LogP contribution in [0.15, 0.2) is 35.2 Å². The van der Waals surface area contributed by atoms with Gasteiger partial charge in [-0.2, -0.15) is 8.42 Å². The van der Waals surface area contributed by atoms with E-state index >= 15 is 0 Å². The standard InChI is InChI=1S/C15H14ClNO5S/c1-9-4-5-10(2)15(11(9)3)22-23(20,21)14-8-12(16)6-7-13(14)17(18)19/h4-8H,1-3H3. The van der Waals surface area contributed by atoms with Crippen molar-refractivity contribution in [2.45, 2.75) is 25.7 Å². The molecule has 0 fully saturated rings. The molecule has 23 heavy (non-hydrogen) atoms. The SMILES string of the molecule is Cc1ccc(C)c(OS(=O)(=O)c2cc(Cl)ccc2[N+](=O)[O-])c1C. The first-order valence-corrected chi connectivity index (χ1v) is 8.37. The lowest BCUT2D eigenvalue weighted by molar-refractivity contribution is -0.387. The van der Waals surface area contributed by atoms with Crippen LogP contribution in [0.2, 0.25) is 5.02 Å². The van der Waals surface area contributed by atoms with Crippen LogP contribution in [0.5, 0.6) is 5.75 Å². The average Bonchev–Trinajstić information content (AvgIpc) is 2.47. The van der Waals surface area contributed by atoms with Gasteiger partial charge in [0.1, 0.15) is 5.75 Å². The Morgan fingerprint density at radius 1 is 1.09 bits per heavy atom. The molecule has 122 valence electrons. The van der Waals surface area contributed by atoms with Crippen molar-refractivity contribution in [3.8, 4) is 5.75 Å². The van der Waals surface area contributed by atoms with Crippen LogP contribution in [-0.4, -0.2) is 13.3 Å². The van der Waals surface area contributed by atoms with Gasteiger partial charge in [-0.15, -0.1) is 0 Å². The third-order valence-corrected chi connectivity index (χ3v) is 4.94. The molecule has 0 spiro atoms. The van der Waals surface area contributed by atoms with Crippen LogP contribution in [0.3, 0.4) is 0 Å². The Morgan fingerprint density at radius 2 is 1.70 bits per heavy atom. The zero-order valence-electron chi connectivity index (χ0n) is 12.7. The molecule has 0 saturated heterocycles. The van der Waals surface area contributed by atoms with Gasteiger partial charge >= 0.3 is 10.1 Å². The Bertz CT molecular complexity index is 893. The molecule has 0 unspecified atom stereocenters. The van der Waals surface area contributed by atoms with Crippen molar-refractivity contribution in [1.82, 2.24) is 0 Å². The predicted molar refractivity (Wildman–Crippen MR) is 86.6 cm³/mol. The van der Waals surface area contributed by atoms with E-state index in [0.717, 1.165) is 17.7 Å². The first-order valence-electron chi connectivity index (χ1n) is 6.58. The van der Waals surface area contributed by atoms with Gasteiger partial charge in [0.25, 0.3) is 5.69 Å². The minimum absolute atomic E-state index is 0.0652. The highest BCUT2D eigenvalue weighted by Gasteiger charge is 2.29. The number of hydrogen-bond donors (Lipinski definition) is 0. The van der Waals surface area contributed by atoms with Crippen LogP contribution >= 0.6 is 11.6 Å². The number of nitro benzene ring substituents is 1. The zero-order valence-corrected chi connectivity index (χ0v) is 14.2. The van der Waals surface area contributed by atoms with Gasteiger partial charge in [0.05, 0.1) is 4.92 Å². The lowest BCUT2D eigenvalue weighted by Gasteiger charge is -2.14. The molecule has 0 heterocycles. The first kappa shape index (κ1) is 17.2. The Kier molecular flexibility index (Phi) is 4.63. The molecule has 8 heteroatoms. The second kappa shape index (κ2) is 6.17. The molecule has 2 rings (SSSR count). The highest BCUT2D eigenvalue weighted by atomic mass is 35.5. The summed E-state index contributed by atoms with van der Waals surface area (Å²) in [5.74, 6) is 0.166. The van der Waals surface area contributed by atoms with Gasteiger partial charge in [-0.3, -0.25) is 10.1 Å². The summed E-state index contributed by atoms with van der Waals surface area (Å²) in [6.45, 7) is 5.24. The number of aryl methyl sites for hydroxylation is 2. The summed E-state index contributed by atoms with van der Waals surface area (Å²) < 4.78 is 30.2. The number of hydrogen-bond acceptors (Lipinski definition) is 5. The van der Waals surface area contributed by atoms with E-state index in [1.807, 2.05) is 13.0 Å². The summed E-state index contributed by atoms with van der Waals surface area (Å²) in [6, 6.07) is 6.86. The quantitative estimate of drug-likeness (QED) is 0.471. The van der Waals surface area contributed by atoms with Crippen LogP contribution in [0.4, 0.5) is 5.69 Å². The molecular formula is C15H14ClNO5S. The molecule has 0 aliphatic rings. The van der Waals surface area contributed by atoms with E-state index in [1.54, 1.807) is 19.9 Å². The number of benzene rings is 2. The van der Waals surface area contributed by atoms with E-state index in [9.17, 15) is 18.5 Å². The van der Waals surface area contributed by atoms with Gasteiger partial charge in [-0.25, -0.2) is 0 Å². The average molecular weight is 356 g/mol. The fraction of sp³-hybridized carbons (Fsp3) is 0.200. The molecule has 0 aliphatic carbocycles. The van der Waals surface area contributed by atoms with Crippen molar-refractivity contribution in [3.05, 3.63) is 62.2 Å². The van der Waals surface area contributed by atoms with E-state index in [-0.39, 0.29) is 10.8 Å². The number of halogens is 1. The van der Waals surface area contributed by atoms with Crippen LogP contribution in [-0.2, 0) is 10.1 Å². The number of nitro groups is 1. The van der Waals surface area contributed by atoms with Crippen molar-refractivity contribution in [2.75, 3.05) is 0 Å². The van der Waals surface area contributed by atoms with Gasteiger partial charge in [-0.05, 0) is 49.6 Å². The second-order valence-electron chi connectivity index (χ2n) is 5.06. The summed E-state index contributed by atoms with van der Waals surface area (Å²) in [7, 11) is -4.40. The van der Waals surface area contributed by atoms with Crippen molar-refractivity contribution in [1.29, 1.82) is 0 Å².